The van der Waals surface area contributed by atoms with Crippen LogP contribution in [0.3, 0.4) is 0 Å². The summed E-state index contributed by atoms with van der Waals surface area (Å²) in [6, 6.07) is 17.3. The Balaban J connectivity index is 1.58. The third kappa shape index (κ3) is 4.98. The molecule has 0 radical (unpaired) electrons. The molecule has 168 valence electrons. The number of sulfonamides is 1. The normalized spacial score (nSPS) is 17.5. The van der Waals surface area contributed by atoms with Crippen LogP contribution in [-0.2, 0) is 27.7 Å². The number of nitrogens with one attached hydrogen (secondary N) is 1. The summed E-state index contributed by atoms with van der Waals surface area (Å²) < 4.78 is 34.6. The number of halogens is 1. The molecule has 0 spiro atoms. The van der Waals surface area contributed by atoms with Crippen LogP contribution in [0.2, 0.25) is 0 Å². The largest absolute Gasteiger partial charge is 0.469 e. The SMILES string of the molecule is CC(Cc1ccco1)NC(=O)CC1c2ccccc2CCN1S(=O)(=O)c1ccc(Br)cc1. The van der Waals surface area contributed by atoms with Gasteiger partial charge < -0.3 is 9.73 Å². The first-order chi connectivity index (χ1) is 15.3. The highest BCUT2D eigenvalue weighted by Crippen LogP contribution is 2.36. The fourth-order valence-corrected chi connectivity index (χ4v) is 6.03. The van der Waals surface area contributed by atoms with Gasteiger partial charge in [0, 0.05) is 29.9 Å². The molecule has 6 nitrogen and oxygen atoms in total. The Morgan fingerprint density at radius 1 is 1.16 bits per heavy atom. The van der Waals surface area contributed by atoms with E-state index in [4.69, 9.17) is 4.42 Å². The fraction of sp³-hybridized carbons (Fsp3) is 0.292. The first kappa shape index (κ1) is 22.8. The molecule has 1 aromatic heterocycles. The number of hydrogen-bond acceptors (Lipinski definition) is 4. The highest BCUT2D eigenvalue weighted by Gasteiger charge is 2.37. The standard InChI is InChI=1S/C24H25BrN2O4S/c1-17(15-20-6-4-14-31-20)26-24(28)16-23-22-7-3-2-5-18(22)12-13-27(23)32(29,30)21-10-8-19(25)9-11-21/h2-11,14,17,23H,12-13,15-16H2,1H3,(H,26,28). The second-order valence-corrected chi connectivity index (χ2v) is 10.8. The van der Waals surface area contributed by atoms with Crippen molar-refractivity contribution in [2.75, 3.05) is 6.54 Å². The summed E-state index contributed by atoms with van der Waals surface area (Å²) in [6.45, 7) is 2.24. The van der Waals surface area contributed by atoms with Gasteiger partial charge in [0.2, 0.25) is 15.9 Å². The summed E-state index contributed by atoms with van der Waals surface area (Å²) in [5.41, 5.74) is 1.96. The van der Waals surface area contributed by atoms with E-state index >= 15 is 0 Å². The molecule has 0 saturated carbocycles. The van der Waals surface area contributed by atoms with E-state index in [1.807, 2.05) is 43.3 Å². The lowest BCUT2D eigenvalue weighted by atomic mass is 9.92. The molecule has 4 rings (SSSR count). The van der Waals surface area contributed by atoms with Gasteiger partial charge in [-0.2, -0.15) is 4.31 Å². The van der Waals surface area contributed by atoms with Gasteiger partial charge in [-0.05, 0) is 60.9 Å². The molecule has 0 fully saturated rings. The fourth-order valence-electron chi connectivity index (χ4n) is 4.16. The lowest BCUT2D eigenvalue weighted by Gasteiger charge is -2.36. The molecule has 32 heavy (non-hydrogen) atoms. The van der Waals surface area contributed by atoms with Crippen LogP contribution in [0.15, 0.2) is 80.7 Å². The second-order valence-electron chi connectivity index (χ2n) is 7.99. The van der Waals surface area contributed by atoms with Crippen LogP contribution < -0.4 is 5.32 Å². The molecular weight excluding hydrogens is 492 g/mol. The Morgan fingerprint density at radius 2 is 1.91 bits per heavy atom. The molecule has 2 unspecified atom stereocenters. The van der Waals surface area contributed by atoms with Crippen molar-refractivity contribution in [1.29, 1.82) is 0 Å². The summed E-state index contributed by atoms with van der Waals surface area (Å²) in [6.07, 6.45) is 2.84. The summed E-state index contributed by atoms with van der Waals surface area (Å²) in [7, 11) is -3.77. The number of hydrogen-bond donors (Lipinski definition) is 1. The first-order valence-electron chi connectivity index (χ1n) is 10.5. The van der Waals surface area contributed by atoms with Crippen LogP contribution in [-0.4, -0.2) is 31.2 Å². The van der Waals surface area contributed by atoms with Gasteiger partial charge in [-0.3, -0.25) is 4.79 Å². The van der Waals surface area contributed by atoms with Crippen molar-refractivity contribution in [3.63, 3.8) is 0 Å². The highest BCUT2D eigenvalue weighted by atomic mass is 79.9. The summed E-state index contributed by atoms with van der Waals surface area (Å²) >= 11 is 3.35. The maximum atomic E-state index is 13.5. The maximum absolute atomic E-state index is 13.5. The monoisotopic (exact) mass is 516 g/mol. The van der Waals surface area contributed by atoms with Crippen LogP contribution >= 0.6 is 15.9 Å². The number of carbonyl (C=O) groups excluding carboxylic acids is 1. The van der Waals surface area contributed by atoms with Crippen molar-refractivity contribution in [3.8, 4) is 0 Å². The van der Waals surface area contributed by atoms with Gasteiger partial charge >= 0.3 is 0 Å². The molecule has 1 N–H and O–H groups in total. The summed E-state index contributed by atoms with van der Waals surface area (Å²) in [5, 5.41) is 2.99. The van der Waals surface area contributed by atoms with Crippen molar-refractivity contribution in [1.82, 2.24) is 9.62 Å². The van der Waals surface area contributed by atoms with E-state index in [-0.39, 0.29) is 23.3 Å². The van der Waals surface area contributed by atoms with Crippen molar-refractivity contribution < 1.29 is 17.6 Å². The van der Waals surface area contributed by atoms with Crippen LogP contribution in [0.4, 0.5) is 0 Å². The van der Waals surface area contributed by atoms with Crippen LogP contribution in [0.1, 0.15) is 36.3 Å². The molecule has 8 heteroatoms. The lowest BCUT2D eigenvalue weighted by Crippen LogP contribution is -2.43. The molecule has 1 amide bonds. The Labute approximate surface area is 196 Å². The number of amides is 1. The Bertz CT molecular complexity index is 1180. The minimum Gasteiger partial charge on any atom is -0.469 e. The molecule has 1 aliphatic heterocycles. The molecule has 2 heterocycles. The Morgan fingerprint density at radius 3 is 2.62 bits per heavy atom. The first-order valence-corrected chi connectivity index (χ1v) is 12.7. The van der Waals surface area contributed by atoms with Gasteiger partial charge in [-0.1, -0.05) is 40.2 Å². The molecule has 3 aromatic rings. The van der Waals surface area contributed by atoms with Gasteiger partial charge in [-0.15, -0.1) is 0 Å². The van der Waals surface area contributed by atoms with Crippen LogP contribution in [0.5, 0.6) is 0 Å². The average molecular weight is 517 g/mol. The number of furan rings is 1. The lowest BCUT2D eigenvalue weighted by molar-refractivity contribution is -0.122. The molecular formula is C24H25BrN2O4S. The number of benzene rings is 2. The second kappa shape index (κ2) is 9.60. The maximum Gasteiger partial charge on any atom is 0.243 e. The number of nitrogens with zero attached hydrogens (tertiary/aromatic N) is 1. The predicted octanol–water partition coefficient (Wildman–Crippen LogP) is 4.47. The molecule has 0 bridgehead atoms. The Hall–Kier alpha value is -2.42. The minimum atomic E-state index is -3.77. The van der Waals surface area contributed by atoms with Crippen molar-refractivity contribution in [2.24, 2.45) is 0 Å². The third-order valence-electron chi connectivity index (χ3n) is 5.66. The van der Waals surface area contributed by atoms with E-state index < -0.39 is 16.1 Å². The van der Waals surface area contributed by atoms with Crippen molar-refractivity contribution in [2.45, 2.75) is 43.2 Å². The quantitative estimate of drug-likeness (QED) is 0.502. The smallest absolute Gasteiger partial charge is 0.243 e. The van der Waals surface area contributed by atoms with Gasteiger partial charge in [0.1, 0.15) is 5.76 Å². The van der Waals surface area contributed by atoms with Crippen LogP contribution in [0.25, 0.3) is 0 Å². The number of fused-ring (bicyclic) bond motifs is 1. The van der Waals surface area contributed by atoms with Gasteiger partial charge in [0.15, 0.2) is 0 Å². The zero-order valence-electron chi connectivity index (χ0n) is 17.7. The topological polar surface area (TPSA) is 79.6 Å². The van der Waals surface area contributed by atoms with Crippen LogP contribution in [0, 0.1) is 0 Å². The Kier molecular flexibility index (Phi) is 6.83. The van der Waals surface area contributed by atoms with Gasteiger partial charge in [0.25, 0.3) is 0 Å². The number of carbonyl (C=O) groups is 1. The molecule has 0 aliphatic carbocycles. The average Bonchev–Trinajstić information content (AvgIpc) is 3.27. The van der Waals surface area contributed by atoms with E-state index in [0.29, 0.717) is 19.4 Å². The van der Waals surface area contributed by atoms with E-state index in [0.717, 1.165) is 21.4 Å². The minimum absolute atomic E-state index is 0.0509. The molecule has 1 aliphatic rings. The van der Waals surface area contributed by atoms with Gasteiger partial charge in [-0.25, -0.2) is 8.42 Å². The van der Waals surface area contributed by atoms with E-state index in [2.05, 4.69) is 21.2 Å². The van der Waals surface area contributed by atoms with Gasteiger partial charge in [0.05, 0.1) is 17.2 Å². The van der Waals surface area contributed by atoms with Crippen molar-refractivity contribution in [3.05, 3.63) is 88.3 Å². The zero-order chi connectivity index (χ0) is 22.7. The van der Waals surface area contributed by atoms with Crippen molar-refractivity contribution >= 4 is 31.9 Å². The predicted molar refractivity (Wildman–Crippen MR) is 126 cm³/mol. The zero-order valence-corrected chi connectivity index (χ0v) is 20.1. The number of rotatable bonds is 7. The molecule has 2 aromatic carbocycles. The molecule has 2 atom stereocenters. The van der Waals surface area contributed by atoms with E-state index in [1.54, 1.807) is 30.5 Å². The highest BCUT2D eigenvalue weighted by molar-refractivity contribution is 9.10. The third-order valence-corrected chi connectivity index (χ3v) is 8.11. The summed E-state index contributed by atoms with van der Waals surface area (Å²) in [5.74, 6) is 0.599. The van der Waals surface area contributed by atoms with E-state index in [1.165, 1.54) is 4.31 Å². The molecule has 0 saturated heterocycles. The van der Waals surface area contributed by atoms with E-state index in [9.17, 15) is 13.2 Å². The summed E-state index contributed by atoms with van der Waals surface area (Å²) in [4.78, 5) is 13.2.